The van der Waals surface area contributed by atoms with Crippen LogP contribution in [-0.2, 0) is 6.42 Å². The summed E-state index contributed by atoms with van der Waals surface area (Å²) in [6.07, 6.45) is 1.01. The molecule has 0 heterocycles. The van der Waals surface area contributed by atoms with Crippen LogP contribution in [0.1, 0.15) is 11.1 Å². The SMILES string of the molecule is C=c1ccc(=C)c2c1Cc1ccccc1-2. The Hall–Kier alpha value is -1.82. The average molecular weight is 192 g/mol. The van der Waals surface area contributed by atoms with Crippen LogP contribution in [0.2, 0.25) is 0 Å². The third kappa shape index (κ3) is 1.08. The molecule has 0 aliphatic heterocycles. The van der Waals surface area contributed by atoms with Gasteiger partial charge in [-0.05, 0) is 39.1 Å². The molecule has 0 saturated carbocycles. The van der Waals surface area contributed by atoms with Crippen molar-refractivity contribution in [3.05, 3.63) is 58.0 Å². The van der Waals surface area contributed by atoms with Crippen molar-refractivity contribution in [3.63, 3.8) is 0 Å². The highest BCUT2D eigenvalue weighted by atomic mass is 14.2. The van der Waals surface area contributed by atoms with E-state index in [-0.39, 0.29) is 0 Å². The highest BCUT2D eigenvalue weighted by Gasteiger charge is 2.18. The topological polar surface area (TPSA) is 0 Å². The normalized spacial score (nSPS) is 12.3. The van der Waals surface area contributed by atoms with Gasteiger partial charge in [0.15, 0.2) is 0 Å². The summed E-state index contributed by atoms with van der Waals surface area (Å²) in [6, 6.07) is 12.7. The van der Waals surface area contributed by atoms with Gasteiger partial charge in [0.25, 0.3) is 0 Å². The summed E-state index contributed by atoms with van der Waals surface area (Å²) in [7, 11) is 0. The molecule has 1 aliphatic carbocycles. The van der Waals surface area contributed by atoms with Crippen LogP contribution in [0.25, 0.3) is 24.3 Å². The van der Waals surface area contributed by atoms with Crippen LogP contribution in [0.3, 0.4) is 0 Å². The summed E-state index contributed by atoms with van der Waals surface area (Å²) < 4.78 is 0. The van der Waals surface area contributed by atoms with Crippen molar-refractivity contribution in [2.24, 2.45) is 0 Å². The minimum Gasteiger partial charge on any atom is -0.0915 e. The Morgan fingerprint density at radius 3 is 2.47 bits per heavy atom. The maximum Gasteiger partial charge on any atom is -0.000750 e. The van der Waals surface area contributed by atoms with Crippen molar-refractivity contribution in [3.8, 4) is 11.1 Å². The summed E-state index contributed by atoms with van der Waals surface area (Å²) in [5, 5.41) is 2.25. The van der Waals surface area contributed by atoms with E-state index in [1.54, 1.807) is 0 Å². The minimum atomic E-state index is 1.01. The molecule has 0 aromatic heterocycles. The third-order valence-corrected chi connectivity index (χ3v) is 3.15. The number of rotatable bonds is 0. The lowest BCUT2D eigenvalue weighted by atomic mass is 10.0. The lowest BCUT2D eigenvalue weighted by Gasteiger charge is -2.01. The fourth-order valence-corrected chi connectivity index (χ4v) is 2.39. The van der Waals surface area contributed by atoms with Gasteiger partial charge in [-0.1, -0.05) is 49.6 Å². The van der Waals surface area contributed by atoms with Crippen LogP contribution < -0.4 is 10.4 Å². The Kier molecular flexibility index (Phi) is 1.60. The van der Waals surface area contributed by atoms with E-state index in [9.17, 15) is 0 Å². The zero-order chi connectivity index (χ0) is 10.4. The van der Waals surface area contributed by atoms with Gasteiger partial charge in [-0.25, -0.2) is 0 Å². The lowest BCUT2D eigenvalue weighted by molar-refractivity contribution is 1.24. The predicted molar refractivity (Wildman–Crippen MR) is 65.0 cm³/mol. The Labute approximate surface area is 89.2 Å². The van der Waals surface area contributed by atoms with Crippen molar-refractivity contribution in [1.82, 2.24) is 0 Å². The second-order valence-corrected chi connectivity index (χ2v) is 4.07. The first-order chi connectivity index (χ1) is 7.27. The molecule has 3 rings (SSSR count). The average Bonchev–Trinajstić information content (AvgIpc) is 2.64. The standard InChI is InChI=1S/C15H12/c1-10-7-8-11(2)15-13-6-4-3-5-12(13)9-14(10)15/h3-8H,1-2,9H2. The summed E-state index contributed by atoms with van der Waals surface area (Å²) >= 11 is 0. The molecule has 0 saturated heterocycles. The van der Waals surface area contributed by atoms with E-state index in [4.69, 9.17) is 0 Å². The van der Waals surface area contributed by atoms with E-state index in [2.05, 4.69) is 49.6 Å². The minimum absolute atomic E-state index is 1.01. The van der Waals surface area contributed by atoms with Crippen molar-refractivity contribution < 1.29 is 0 Å². The molecule has 0 amide bonds. The van der Waals surface area contributed by atoms with E-state index in [1.165, 1.54) is 22.3 Å². The van der Waals surface area contributed by atoms with Gasteiger partial charge in [0, 0.05) is 0 Å². The van der Waals surface area contributed by atoms with Crippen molar-refractivity contribution in [1.29, 1.82) is 0 Å². The molecule has 0 fully saturated rings. The lowest BCUT2D eigenvalue weighted by Crippen LogP contribution is -2.13. The second kappa shape index (κ2) is 2.83. The molecule has 1 aliphatic rings. The maximum absolute atomic E-state index is 4.10. The number of hydrogen-bond donors (Lipinski definition) is 0. The Morgan fingerprint density at radius 1 is 0.867 bits per heavy atom. The second-order valence-electron chi connectivity index (χ2n) is 4.07. The molecule has 0 N–H and O–H groups in total. The molecule has 0 radical (unpaired) electrons. The molecule has 0 spiro atoms. The van der Waals surface area contributed by atoms with Crippen LogP contribution in [0.15, 0.2) is 36.4 Å². The monoisotopic (exact) mass is 192 g/mol. The smallest absolute Gasteiger partial charge is 0.000750 e. The van der Waals surface area contributed by atoms with E-state index in [0.29, 0.717) is 0 Å². The molecule has 72 valence electrons. The van der Waals surface area contributed by atoms with Crippen LogP contribution in [0, 0.1) is 0 Å². The molecule has 0 nitrogen and oxygen atoms in total. The van der Waals surface area contributed by atoms with E-state index in [1.807, 2.05) is 0 Å². The van der Waals surface area contributed by atoms with Crippen LogP contribution in [-0.4, -0.2) is 0 Å². The van der Waals surface area contributed by atoms with E-state index < -0.39 is 0 Å². The highest BCUT2D eigenvalue weighted by Crippen LogP contribution is 2.31. The Bertz CT molecular complexity index is 636. The molecule has 0 heteroatoms. The molecular weight excluding hydrogens is 180 g/mol. The van der Waals surface area contributed by atoms with Crippen LogP contribution in [0.4, 0.5) is 0 Å². The van der Waals surface area contributed by atoms with E-state index in [0.717, 1.165) is 16.9 Å². The molecule has 0 unspecified atom stereocenters. The molecule has 2 aromatic rings. The number of fused-ring (bicyclic) bond motifs is 3. The molecule has 2 aromatic carbocycles. The van der Waals surface area contributed by atoms with Gasteiger partial charge in [0.2, 0.25) is 0 Å². The molecule has 15 heavy (non-hydrogen) atoms. The fourth-order valence-electron chi connectivity index (χ4n) is 2.39. The van der Waals surface area contributed by atoms with Crippen molar-refractivity contribution in [2.45, 2.75) is 6.42 Å². The van der Waals surface area contributed by atoms with Gasteiger partial charge >= 0.3 is 0 Å². The summed E-state index contributed by atoms with van der Waals surface area (Å²) in [5.74, 6) is 0. The summed E-state index contributed by atoms with van der Waals surface area (Å²) in [5.41, 5.74) is 5.39. The number of benzene rings is 2. The van der Waals surface area contributed by atoms with Crippen molar-refractivity contribution >= 4 is 13.2 Å². The molecular formula is C15H12. The van der Waals surface area contributed by atoms with Gasteiger partial charge in [0.1, 0.15) is 0 Å². The van der Waals surface area contributed by atoms with E-state index >= 15 is 0 Å². The fraction of sp³-hybridized carbons (Fsp3) is 0.0667. The van der Waals surface area contributed by atoms with Crippen LogP contribution >= 0.6 is 0 Å². The van der Waals surface area contributed by atoms with Gasteiger partial charge in [-0.2, -0.15) is 0 Å². The Balaban J connectivity index is 2.47. The molecule has 0 bridgehead atoms. The zero-order valence-electron chi connectivity index (χ0n) is 8.59. The van der Waals surface area contributed by atoms with Gasteiger partial charge in [0.05, 0.1) is 0 Å². The van der Waals surface area contributed by atoms with Crippen molar-refractivity contribution in [2.75, 3.05) is 0 Å². The first kappa shape index (κ1) is 8.49. The van der Waals surface area contributed by atoms with Gasteiger partial charge < -0.3 is 0 Å². The maximum atomic E-state index is 4.10. The summed E-state index contributed by atoms with van der Waals surface area (Å²) in [6.45, 7) is 8.19. The largest absolute Gasteiger partial charge is 0.0915 e. The first-order valence-corrected chi connectivity index (χ1v) is 5.15. The van der Waals surface area contributed by atoms with Crippen LogP contribution in [0.5, 0.6) is 0 Å². The number of hydrogen-bond acceptors (Lipinski definition) is 0. The highest BCUT2D eigenvalue weighted by molar-refractivity contribution is 5.77. The quantitative estimate of drug-likeness (QED) is 0.511. The van der Waals surface area contributed by atoms with Gasteiger partial charge in [-0.3, -0.25) is 0 Å². The zero-order valence-corrected chi connectivity index (χ0v) is 8.59. The molecule has 0 atom stereocenters. The predicted octanol–water partition coefficient (Wildman–Crippen LogP) is 2.08. The van der Waals surface area contributed by atoms with Gasteiger partial charge in [-0.15, -0.1) is 0 Å². The third-order valence-electron chi connectivity index (χ3n) is 3.15. The Morgan fingerprint density at radius 2 is 1.60 bits per heavy atom. The first-order valence-electron chi connectivity index (χ1n) is 5.15. The summed E-state index contributed by atoms with van der Waals surface area (Å²) in [4.78, 5) is 0.